The molecule has 106 valence electrons. The molecule has 19 heavy (non-hydrogen) atoms. The molecule has 0 amide bonds. The maximum Gasteiger partial charge on any atom is 0.169 e. The van der Waals surface area contributed by atoms with E-state index in [0.29, 0.717) is 18.4 Å². The second-order valence-electron chi connectivity index (χ2n) is 5.38. The van der Waals surface area contributed by atoms with Crippen LogP contribution < -0.4 is 0 Å². The first-order valence-corrected chi connectivity index (χ1v) is 7.77. The summed E-state index contributed by atoms with van der Waals surface area (Å²) in [6.45, 7) is 0. The van der Waals surface area contributed by atoms with Crippen molar-refractivity contribution in [2.24, 2.45) is 0 Å². The Morgan fingerprint density at radius 2 is 1.26 bits per heavy atom. The Morgan fingerprint density at radius 1 is 0.737 bits per heavy atom. The summed E-state index contributed by atoms with van der Waals surface area (Å²) in [7, 11) is 0. The van der Waals surface area contributed by atoms with Crippen molar-refractivity contribution in [3.63, 3.8) is 0 Å². The third-order valence-electron chi connectivity index (χ3n) is 3.70. The zero-order valence-electron chi connectivity index (χ0n) is 12.0. The second kappa shape index (κ2) is 10.8. The number of rotatable bonds is 0. The maximum absolute atomic E-state index is 11.8. The van der Waals surface area contributed by atoms with E-state index in [1.807, 2.05) is 5.94 Å². The molecule has 1 aliphatic carbocycles. The highest BCUT2D eigenvalue weighted by Crippen LogP contribution is 2.14. The van der Waals surface area contributed by atoms with Crippen molar-refractivity contribution in [1.82, 2.24) is 0 Å². The summed E-state index contributed by atoms with van der Waals surface area (Å²) in [5.41, 5.74) is 0.391. The number of hydrogen-bond acceptors (Lipinski definition) is 2. The zero-order valence-corrected chi connectivity index (χ0v) is 12.0. The smallest absolute Gasteiger partial charge is 0.169 e. The van der Waals surface area contributed by atoms with Crippen molar-refractivity contribution in [2.75, 3.05) is 0 Å². The molecular formula is C17H26O2. The lowest BCUT2D eigenvalue weighted by molar-refractivity contribution is -0.115. The summed E-state index contributed by atoms with van der Waals surface area (Å²) in [6.07, 6.45) is 16.9. The van der Waals surface area contributed by atoms with E-state index in [1.165, 1.54) is 25.7 Å². The molecule has 0 bridgehead atoms. The van der Waals surface area contributed by atoms with E-state index >= 15 is 0 Å². The molecule has 0 unspecified atom stereocenters. The van der Waals surface area contributed by atoms with Gasteiger partial charge in [-0.1, -0.05) is 37.8 Å². The molecule has 0 aromatic heterocycles. The SMILES string of the molecule is O=C=C1CCCCC/C=C\CCCCCCCC1=O. The van der Waals surface area contributed by atoms with Gasteiger partial charge >= 0.3 is 0 Å². The van der Waals surface area contributed by atoms with Gasteiger partial charge in [-0.15, -0.1) is 0 Å². The maximum atomic E-state index is 11.8. The van der Waals surface area contributed by atoms with Crippen LogP contribution >= 0.6 is 0 Å². The highest BCUT2D eigenvalue weighted by atomic mass is 16.1. The number of hydrogen-bond donors (Lipinski definition) is 0. The van der Waals surface area contributed by atoms with E-state index < -0.39 is 0 Å². The molecule has 0 spiro atoms. The quantitative estimate of drug-likeness (QED) is 0.364. The largest absolute Gasteiger partial charge is 0.294 e. The summed E-state index contributed by atoms with van der Waals surface area (Å²) in [4.78, 5) is 22.6. The highest BCUT2D eigenvalue weighted by Gasteiger charge is 2.10. The van der Waals surface area contributed by atoms with Gasteiger partial charge in [-0.05, 0) is 44.9 Å². The van der Waals surface area contributed by atoms with Crippen LogP contribution in [0.15, 0.2) is 17.7 Å². The first-order chi connectivity index (χ1) is 9.34. The van der Waals surface area contributed by atoms with E-state index in [0.717, 1.165) is 38.5 Å². The van der Waals surface area contributed by atoms with Gasteiger partial charge in [0.1, 0.15) is 5.94 Å². The van der Waals surface area contributed by atoms with Gasteiger partial charge in [0, 0.05) is 6.42 Å². The van der Waals surface area contributed by atoms with Gasteiger partial charge in [0.25, 0.3) is 0 Å². The van der Waals surface area contributed by atoms with E-state index in [1.54, 1.807) is 0 Å². The van der Waals surface area contributed by atoms with Crippen molar-refractivity contribution in [3.8, 4) is 0 Å². The van der Waals surface area contributed by atoms with Gasteiger partial charge in [0.15, 0.2) is 5.78 Å². The first kappa shape index (κ1) is 15.9. The fourth-order valence-corrected chi connectivity index (χ4v) is 2.45. The second-order valence-corrected chi connectivity index (χ2v) is 5.38. The minimum atomic E-state index is 0.0296. The minimum absolute atomic E-state index is 0.0296. The van der Waals surface area contributed by atoms with Crippen LogP contribution in [0.5, 0.6) is 0 Å². The Labute approximate surface area is 117 Å². The molecule has 0 heterocycles. The molecule has 0 saturated carbocycles. The average molecular weight is 262 g/mol. The Kier molecular flexibility index (Phi) is 9.01. The van der Waals surface area contributed by atoms with Crippen molar-refractivity contribution < 1.29 is 9.59 Å². The van der Waals surface area contributed by atoms with Crippen LogP contribution in [0, 0.1) is 0 Å². The molecule has 0 saturated heterocycles. The van der Waals surface area contributed by atoms with Crippen LogP contribution in [-0.2, 0) is 9.59 Å². The molecule has 0 aromatic rings. The fourth-order valence-electron chi connectivity index (χ4n) is 2.45. The third-order valence-corrected chi connectivity index (χ3v) is 3.70. The molecule has 0 radical (unpaired) electrons. The van der Waals surface area contributed by atoms with E-state index in [2.05, 4.69) is 12.2 Å². The van der Waals surface area contributed by atoms with E-state index in [4.69, 9.17) is 0 Å². The molecular weight excluding hydrogens is 236 g/mol. The van der Waals surface area contributed by atoms with Crippen LogP contribution in [0.2, 0.25) is 0 Å². The number of Topliss-reactive ketones (excluding diaryl/α,β-unsaturated/α-hetero) is 1. The van der Waals surface area contributed by atoms with Crippen LogP contribution in [0.3, 0.4) is 0 Å². The minimum Gasteiger partial charge on any atom is -0.294 e. The molecule has 1 aliphatic rings. The molecule has 0 fully saturated rings. The predicted molar refractivity (Wildman–Crippen MR) is 78.8 cm³/mol. The number of ketones is 1. The molecule has 2 nitrogen and oxygen atoms in total. The molecule has 0 N–H and O–H groups in total. The summed E-state index contributed by atoms with van der Waals surface area (Å²) in [5.74, 6) is 1.89. The van der Waals surface area contributed by atoms with Crippen molar-refractivity contribution in [2.45, 2.75) is 77.0 Å². The lowest BCUT2D eigenvalue weighted by atomic mass is 9.99. The Hall–Kier alpha value is -1.14. The third kappa shape index (κ3) is 7.79. The molecule has 0 aromatic carbocycles. The van der Waals surface area contributed by atoms with Crippen LogP contribution in [0.4, 0.5) is 0 Å². The summed E-state index contributed by atoms with van der Waals surface area (Å²) in [5, 5.41) is 0. The van der Waals surface area contributed by atoms with E-state index in [-0.39, 0.29) is 5.78 Å². The number of carbonyl (C=O) groups is 1. The summed E-state index contributed by atoms with van der Waals surface area (Å²) < 4.78 is 0. The van der Waals surface area contributed by atoms with Crippen molar-refractivity contribution >= 4 is 11.7 Å². The Bertz CT molecular complexity index is 335. The standard InChI is InChI=1S/C17H26O2/c18-15-16-13-11-9-7-5-3-1-2-4-6-8-10-12-14-17(16)19/h1,3H,2,4-14H2/b3-1-. The molecule has 0 aliphatic heterocycles. The summed E-state index contributed by atoms with van der Waals surface area (Å²) >= 11 is 0. The lowest BCUT2D eigenvalue weighted by Crippen LogP contribution is -2.03. The van der Waals surface area contributed by atoms with Crippen LogP contribution in [0.1, 0.15) is 77.0 Å². The average Bonchev–Trinajstić information content (AvgIpc) is 2.42. The summed E-state index contributed by atoms with van der Waals surface area (Å²) in [6, 6.07) is 0. The van der Waals surface area contributed by atoms with E-state index in [9.17, 15) is 9.59 Å². The highest BCUT2D eigenvalue weighted by molar-refractivity contribution is 6.02. The normalized spacial score (nSPS) is 22.7. The monoisotopic (exact) mass is 262 g/mol. The number of carbonyl (C=O) groups excluding carboxylic acids is 2. The fraction of sp³-hybridized carbons (Fsp3) is 0.706. The van der Waals surface area contributed by atoms with Gasteiger partial charge in [-0.3, -0.25) is 4.79 Å². The molecule has 1 rings (SSSR count). The van der Waals surface area contributed by atoms with Crippen LogP contribution in [-0.4, -0.2) is 11.7 Å². The van der Waals surface area contributed by atoms with Gasteiger partial charge < -0.3 is 0 Å². The Morgan fingerprint density at radius 3 is 1.95 bits per heavy atom. The predicted octanol–water partition coefficient (Wildman–Crippen LogP) is 4.56. The van der Waals surface area contributed by atoms with Gasteiger partial charge in [0.2, 0.25) is 0 Å². The van der Waals surface area contributed by atoms with Gasteiger partial charge in [0.05, 0.1) is 5.57 Å². The molecule has 2 heteroatoms. The van der Waals surface area contributed by atoms with Gasteiger partial charge in [-0.25, -0.2) is 4.79 Å². The van der Waals surface area contributed by atoms with Crippen molar-refractivity contribution in [1.29, 1.82) is 0 Å². The topological polar surface area (TPSA) is 34.1 Å². The Balaban J connectivity index is 2.41. The lowest BCUT2D eigenvalue weighted by Gasteiger charge is -2.04. The zero-order chi connectivity index (χ0) is 13.8. The first-order valence-electron chi connectivity index (χ1n) is 7.77. The van der Waals surface area contributed by atoms with Crippen molar-refractivity contribution in [3.05, 3.63) is 17.7 Å². The van der Waals surface area contributed by atoms with Gasteiger partial charge in [-0.2, -0.15) is 0 Å². The number of allylic oxidation sites excluding steroid dienone is 3. The van der Waals surface area contributed by atoms with Crippen LogP contribution in [0.25, 0.3) is 0 Å². The molecule has 0 atom stereocenters.